The fourth-order valence-corrected chi connectivity index (χ4v) is 3.55. The van der Waals surface area contributed by atoms with Crippen molar-refractivity contribution in [1.29, 1.82) is 0 Å². The number of carbonyl (C=O) groups excluding carboxylic acids is 1. The molecular formula is C15H22ClN3O4S. The van der Waals surface area contributed by atoms with E-state index >= 15 is 0 Å². The Kier molecular flexibility index (Phi) is 6.31. The molecule has 1 saturated heterocycles. The molecular weight excluding hydrogens is 354 g/mol. The van der Waals surface area contributed by atoms with E-state index < -0.39 is 10.0 Å². The Hall–Kier alpha value is -1.51. The van der Waals surface area contributed by atoms with E-state index in [2.05, 4.69) is 5.32 Å². The first-order valence-electron chi connectivity index (χ1n) is 7.71. The van der Waals surface area contributed by atoms with Crippen LogP contribution >= 0.6 is 11.6 Å². The largest absolute Gasteiger partial charge is 0.490 e. The molecule has 7 nitrogen and oxygen atoms in total. The molecule has 1 amide bonds. The van der Waals surface area contributed by atoms with Gasteiger partial charge in [0.25, 0.3) is 0 Å². The van der Waals surface area contributed by atoms with E-state index in [0.29, 0.717) is 49.2 Å². The summed E-state index contributed by atoms with van der Waals surface area (Å²) in [5.74, 6) is 0.432. The van der Waals surface area contributed by atoms with Gasteiger partial charge in [0.2, 0.25) is 15.9 Å². The van der Waals surface area contributed by atoms with Gasteiger partial charge in [0.1, 0.15) is 0 Å². The molecule has 0 bridgehead atoms. The van der Waals surface area contributed by atoms with Gasteiger partial charge in [-0.1, -0.05) is 17.7 Å². The van der Waals surface area contributed by atoms with Crippen molar-refractivity contribution >= 4 is 33.2 Å². The fourth-order valence-electron chi connectivity index (χ4n) is 2.49. The zero-order chi connectivity index (χ0) is 17.7. The van der Waals surface area contributed by atoms with Crippen LogP contribution in [-0.4, -0.2) is 69.1 Å². The summed E-state index contributed by atoms with van der Waals surface area (Å²) < 4.78 is 29.9. The number of amides is 1. The topological polar surface area (TPSA) is 79.0 Å². The highest BCUT2D eigenvalue weighted by Crippen LogP contribution is 2.32. The first-order chi connectivity index (χ1) is 11.3. The molecule has 1 aromatic carbocycles. The molecule has 9 heteroatoms. The minimum Gasteiger partial charge on any atom is -0.490 e. The normalized spacial score (nSPS) is 16.0. The van der Waals surface area contributed by atoms with Gasteiger partial charge in [-0.05, 0) is 19.1 Å². The smallest absolute Gasteiger partial charge is 0.241 e. The number of ether oxygens (including phenoxy) is 1. The third-order valence-corrected chi connectivity index (χ3v) is 5.35. The van der Waals surface area contributed by atoms with Gasteiger partial charge in [0.05, 0.1) is 30.1 Å². The first-order valence-corrected chi connectivity index (χ1v) is 9.93. The van der Waals surface area contributed by atoms with E-state index in [1.807, 2.05) is 6.92 Å². The van der Waals surface area contributed by atoms with Crippen molar-refractivity contribution in [1.82, 2.24) is 9.21 Å². The number of piperazine rings is 1. The Balaban J connectivity index is 1.92. The zero-order valence-corrected chi connectivity index (χ0v) is 15.4. The maximum absolute atomic E-state index is 12.3. The van der Waals surface area contributed by atoms with Crippen LogP contribution in [0.15, 0.2) is 18.2 Å². The number of hydrogen-bond donors (Lipinski definition) is 1. The third kappa shape index (κ3) is 4.75. The van der Waals surface area contributed by atoms with Crippen molar-refractivity contribution in [3.05, 3.63) is 23.2 Å². The van der Waals surface area contributed by atoms with Crippen molar-refractivity contribution in [3.63, 3.8) is 0 Å². The van der Waals surface area contributed by atoms with Crippen LogP contribution in [0.3, 0.4) is 0 Å². The van der Waals surface area contributed by atoms with Crippen LogP contribution in [0.4, 0.5) is 5.69 Å². The number of carbonyl (C=O) groups is 1. The van der Waals surface area contributed by atoms with E-state index in [4.69, 9.17) is 16.3 Å². The zero-order valence-electron chi connectivity index (χ0n) is 13.8. The number of rotatable bonds is 6. The van der Waals surface area contributed by atoms with E-state index in [1.54, 1.807) is 23.1 Å². The summed E-state index contributed by atoms with van der Waals surface area (Å²) in [6.45, 7) is 3.86. The number of sulfonamides is 1. The summed E-state index contributed by atoms with van der Waals surface area (Å²) in [7, 11) is -3.20. The van der Waals surface area contributed by atoms with Gasteiger partial charge in [-0.25, -0.2) is 8.42 Å². The molecule has 1 fully saturated rings. The van der Waals surface area contributed by atoms with Gasteiger partial charge in [-0.3, -0.25) is 4.79 Å². The predicted octanol–water partition coefficient (Wildman–Crippen LogP) is 1.25. The Bertz CT molecular complexity index is 688. The van der Waals surface area contributed by atoms with Crippen molar-refractivity contribution < 1.29 is 17.9 Å². The Morgan fingerprint density at radius 1 is 1.29 bits per heavy atom. The van der Waals surface area contributed by atoms with Crippen molar-refractivity contribution in [3.8, 4) is 5.75 Å². The molecule has 1 heterocycles. The van der Waals surface area contributed by atoms with Gasteiger partial charge in [0.15, 0.2) is 5.75 Å². The summed E-state index contributed by atoms with van der Waals surface area (Å²) >= 11 is 6.11. The van der Waals surface area contributed by atoms with Crippen LogP contribution < -0.4 is 10.1 Å². The van der Waals surface area contributed by atoms with Gasteiger partial charge < -0.3 is 15.0 Å². The average molecular weight is 376 g/mol. The Labute approximate surface area is 147 Å². The highest BCUT2D eigenvalue weighted by Gasteiger charge is 2.25. The third-order valence-electron chi connectivity index (χ3n) is 3.75. The summed E-state index contributed by atoms with van der Waals surface area (Å²) in [5, 5.41) is 3.53. The number of nitrogens with one attached hydrogen (secondary N) is 1. The molecule has 2 rings (SSSR count). The lowest BCUT2D eigenvalue weighted by molar-refractivity contribution is -0.130. The molecule has 0 spiro atoms. The summed E-state index contributed by atoms with van der Waals surface area (Å²) in [6.07, 6.45) is 1.18. The molecule has 1 aliphatic rings. The highest BCUT2D eigenvalue weighted by atomic mass is 35.5. The predicted molar refractivity (Wildman–Crippen MR) is 94.1 cm³/mol. The molecule has 0 atom stereocenters. The average Bonchev–Trinajstić information content (AvgIpc) is 2.54. The van der Waals surface area contributed by atoms with Crippen molar-refractivity contribution in [2.75, 3.05) is 50.9 Å². The van der Waals surface area contributed by atoms with Gasteiger partial charge >= 0.3 is 0 Å². The maximum Gasteiger partial charge on any atom is 0.241 e. The SMILES string of the molecule is CCOc1c(Cl)cccc1NCC(=O)N1CCN(S(C)(=O)=O)CC1. The van der Waals surface area contributed by atoms with Crippen LogP contribution in [0, 0.1) is 0 Å². The van der Waals surface area contributed by atoms with Crippen molar-refractivity contribution in [2.24, 2.45) is 0 Å². The van der Waals surface area contributed by atoms with Crippen LogP contribution in [0.2, 0.25) is 5.02 Å². The Morgan fingerprint density at radius 3 is 2.54 bits per heavy atom. The molecule has 0 saturated carbocycles. The molecule has 24 heavy (non-hydrogen) atoms. The lowest BCUT2D eigenvalue weighted by Crippen LogP contribution is -2.51. The number of halogens is 1. The summed E-state index contributed by atoms with van der Waals surface area (Å²) in [4.78, 5) is 14.0. The first kappa shape index (κ1) is 18.8. The highest BCUT2D eigenvalue weighted by molar-refractivity contribution is 7.88. The molecule has 0 aromatic heterocycles. The number of benzene rings is 1. The molecule has 1 aromatic rings. The van der Waals surface area contributed by atoms with Crippen LogP contribution in [0.5, 0.6) is 5.75 Å². The number of anilines is 1. The summed E-state index contributed by atoms with van der Waals surface area (Å²) in [5.41, 5.74) is 0.660. The number of para-hydroxylation sites is 1. The van der Waals surface area contributed by atoms with Crippen LogP contribution in [0.25, 0.3) is 0 Å². The van der Waals surface area contributed by atoms with Crippen molar-refractivity contribution in [2.45, 2.75) is 6.92 Å². The lowest BCUT2D eigenvalue weighted by Gasteiger charge is -2.33. The lowest BCUT2D eigenvalue weighted by atomic mass is 10.3. The van der Waals surface area contributed by atoms with Gasteiger partial charge in [0, 0.05) is 26.2 Å². The molecule has 0 radical (unpaired) electrons. The molecule has 0 aliphatic carbocycles. The molecule has 0 unspecified atom stereocenters. The minimum absolute atomic E-state index is 0.0921. The maximum atomic E-state index is 12.3. The molecule has 134 valence electrons. The minimum atomic E-state index is -3.20. The van der Waals surface area contributed by atoms with E-state index in [-0.39, 0.29) is 12.5 Å². The molecule has 1 N–H and O–H groups in total. The quantitative estimate of drug-likeness (QED) is 0.809. The van der Waals surface area contributed by atoms with E-state index in [0.717, 1.165) is 0 Å². The number of hydrogen-bond acceptors (Lipinski definition) is 5. The van der Waals surface area contributed by atoms with Gasteiger partial charge in [-0.2, -0.15) is 4.31 Å². The van der Waals surface area contributed by atoms with Crippen LogP contribution in [-0.2, 0) is 14.8 Å². The second kappa shape index (κ2) is 8.04. The van der Waals surface area contributed by atoms with E-state index in [1.165, 1.54) is 10.6 Å². The van der Waals surface area contributed by atoms with E-state index in [9.17, 15) is 13.2 Å². The van der Waals surface area contributed by atoms with Crippen LogP contribution in [0.1, 0.15) is 6.92 Å². The van der Waals surface area contributed by atoms with Gasteiger partial charge in [-0.15, -0.1) is 0 Å². The number of nitrogens with zero attached hydrogens (tertiary/aromatic N) is 2. The monoisotopic (exact) mass is 375 g/mol. The fraction of sp³-hybridized carbons (Fsp3) is 0.533. The second-order valence-corrected chi connectivity index (χ2v) is 7.84. The second-order valence-electron chi connectivity index (χ2n) is 5.45. The Morgan fingerprint density at radius 2 is 1.96 bits per heavy atom. The standard InChI is InChI=1S/C15H22ClN3O4S/c1-3-23-15-12(16)5-4-6-13(15)17-11-14(20)18-7-9-19(10-8-18)24(2,21)22/h4-6,17H,3,7-11H2,1-2H3. The summed E-state index contributed by atoms with van der Waals surface area (Å²) in [6, 6.07) is 5.30. The molecule has 1 aliphatic heterocycles.